The minimum absolute atomic E-state index is 0.146. The summed E-state index contributed by atoms with van der Waals surface area (Å²) in [5.41, 5.74) is 0.610. The summed E-state index contributed by atoms with van der Waals surface area (Å²) in [5, 5.41) is 5.09. The van der Waals surface area contributed by atoms with Gasteiger partial charge in [-0.15, -0.1) is 0 Å². The molecule has 0 fully saturated rings. The van der Waals surface area contributed by atoms with Gasteiger partial charge in [-0.2, -0.15) is 0 Å². The van der Waals surface area contributed by atoms with Crippen LogP contribution in [0.2, 0.25) is 0 Å². The van der Waals surface area contributed by atoms with Crippen LogP contribution in [0.25, 0.3) is 10.8 Å². The van der Waals surface area contributed by atoms with Crippen molar-refractivity contribution in [2.24, 2.45) is 0 Å². The van der Waals surface area contributed by atoms with Crippen LogP contribution in [0, 0.1) is 0 Å². The van der Waals surface area contributed by atoms with Crippen molar-refractivity contribution in [3.63, 3.8) is 0 Å². The van der Waals surface area contributed by atoms with Gasteiger partial charge in [0, 0.05) is 10.2 Å². The van der Waals surface area contributed by atoms with Crippen molar-refractivity contribution in [3.05, 3.63) is 40.9 Å². The van der Waals surface area contributed by atoms with E-state index in [-0.39, 0.29) is 5.75 Å². The number of hydrogen-bond donors (Lipinski definition) is 2. The second-order valence-electron chi connectivity index (χ2n) is 4.94. The van der Waals surface area contributed by atoms with Gasteiger partial charge in [0.2, 0.25) is 10.0 Å². The highest BCUT2D eigenvalue weighted by Gasteiger charge is 2.10. The van der Waals surface area contributed by atoms with Crippen molar-refractivity contribution in [1.82, 2.24) is 5.32 Å². The van der Waals surface area contributed by atoms with Gasteiger partial charge in [0.1, 0.15) is 0 Å². The second-order valence-corrected chi connectivity index (χ2v) is 7.70. The summed E-state index contributed by atoms with van der Waals surface area (Å²) in [4.78, 5) is 0. The summed E-state index contributed by atoms with van der Waals surface area (Å²) >= 11 is 3.42. The van der Waals surface area contributed by atoms with Gasteiger partial charge in [-0.25, -0.2) is 8.42 Å². The summed E-state index contributed by atoms with van der Waals surface area (Å²) in [6.07, 6.45) is 1.50. The summed E-state index contributed by atoms with van der Waals surface area (Å²) in [6, 6.07) is 11.5. The van der Waals surface area contributed by atoms with E-state index in [2.05, 4.69) is 26.0 Å². The van der Waals surface area contributed by atoms with E-state index in [1.165, 1.54) is 0 Å². The molecule has 2 aromatic carbocycles. The van der Waals surface area contributed by atoms with Crippen molar-refractivity contribution in [3.8, 4) is 0 Å². The SMILES string of the molecule is CNCCCCS(=O)(=O)Nc1ccc2cc(Br)ccc2c1. The van der Waals surface area contributed by atoms with Gasteiger partial charge in [0.05, 0.1) is 5.75 Å². The molecule has 6 heteroatoms. The highest BCUT2D eigenvalue weighted by atomic mass is 79.9. The van der Waals surface area contributed by atoms with E-state index in [9.17, 15) is 8.42 Å². The first kappa shape index (κ1) is 16.3. The number of anilines is 1. The molecular formula is C15H19BrN2O2S. The molecule has 0 aromatic heterocycles. The number of nitrogens with one attached hydrogen (secondary N) is 2. The number of fused-ring (bicyclic) bond motifs is 1. The van der Waals surface area contributed by atoms with Crippen LogP contribution in [0.5, 0.6) is 0 Å². The molecule has 0 atom stereocenters. The van der Waals surface area contributed by atoms with Crippen molar-refractivity contribution in [1.29, 1.82) is 0 Å². The lowest BCUT2D eigenvalue weighted by Gasteiger charge is -2.09. The monoisotopic (exact) mass is 370 g/mol. The Hall–Kier alpha value is -1.11. The lowest BCUT2D eigenvalue weighted by molar-refractivity contribution is 0.595. The molecule has 2 rings (SSSR count). The third-order valence-corrected chi connectivity index (χ3v) is 5.03. The van der Waals surface area contributed by atoms with Gasteiger partial charge < -0.3 is 5.32 Å². The van der Waals surface area contributed by atoms with Crippen LogP contribution in [0.3, 0.4) is 0 Å². The molecule has 4 nitrogen and oxygen atoms in total. The number of unbranched alkanes of at least 4 members (excludes halogenated alkanes) is 1. The number of halogens is 1. The maximum Gasteiger partial charge on any atom is 0.232 e. The first-order chi connectivity index (χ1) is 10.00. The molecule has 0 amide bonds. The Morgan fingerprint density at radius 2 is 1.76 bits per heavy atom. The largest absolute Gasteiger partial charge is 0.320 e. The van der Waals surface area contributed by atoms with E-state index < -0.39 is 10.0 Å². The molecule has 0 saturated heterocycles. The zero-order chi connectivity index (χ0) is 15.3. The van der Waals surface area contributed by atoms with E-state index in [1.807, 2.05) is 37.4 Å². The predicted molar refractivity (Wildman–Crippen MR) is 92.2 cm³/mol. The maximum atomic E-state index is 12.0. The zero-order valence-electron chi connectivity index (χ0n) is 11.9. The van der Waals surface area contributed by atoms with Crippen LogP contribution in [0.15, 0.2) is 40.9 Å². The van der Waals surface area contributed by atoms with Gasteiger partial charge in [0.15, 0.2) is 0 Å². The van der Waals surface area contributed by atoms with Crippen molar-refractivity contribution in [2.75, 3.05) is 24.1 Å². The topological polar surface area (TPSA) is 58.2 Å². The lowest BCUT2D eigenvalue weighted by Crippen LogP contribution is -2.18. The number of sulfonamides is 1. The first-order valence-corrected chi connectivity index (χ1v) is 9.29. The number of hydrogen-bond acceptors (Lipinski definition) is 3. The van der Waals surface area contributed by atoms with Crippen LogP contribution in [0.1, 0.15) is 12.8 Å². The standard InChI is InChI=1S/C15H19BrN2O2S/c1-17-8-2-3-9-21(19,20)18-15-7-5-12-10-14(16)6-4-13(12)11-15/h4-7,10-11,17-18H,2-3,8-9H2,1H3. The minimum Gasteiger partial charge on any atom is -0.320 e. The van der Waals surface area contributed by atoms with Gasteiger partial charge >= 0.3 is 0 Å². The number of rotatable bonds is 7. The average Bonchev–Trinajstić information content (AvgIpc) is 2.43. The number of benzene rings is 2. The predicted octanol–water partition coefficient (Wildman–Crippen LogP) is 3.34. The van der Waals surface area contributed by atoms with E-state index in [1.54, 1.807) is 6.07 Å². The molecule has 21 heavy (non-hydrogen) atoms. The summed E-state index contributed by atoms with van der Waals surface area (Å²) < 4.78 is 27.7. The molecule has 0 saturated carbocycles. The summed E-state index contributed by atoms with van der Waals surface area (Å²) in [6.45, 7) is 0.834. The van der Waals surface area contributed by atoms with Gasteiger partial charge in [-0.1, -0.05) is 28.1 Å². The molecule has 0 aliphatic carbocycles. The fourth-order valence-corrected chi connectivity index (χ4v) is 3.66. The fraction of sp³-hybridized carbons (Fsp3) is 0.333. The van der Waals surface area contributed by atoms with Crippen LogP contribution in [-0.2, 0) is 10.0 Å². The fourth-order valence-electron chi connectivity index (χ4n) is 2.10. The molecule has 2 N–H and O–H groups in total. The quantitative estimate of drug-likeness (QED) is 0.734. The highest BCUT2D eigenvalue weighted by molar-refractivity contribution is 9.10. The summed E-state index contributed by atoms with van der Waals surface area (Å²) in [7, 11) is -1.42. The van der Waals surface area contributed by atoms with E-state index in [0.29, 0.717) is 12.1 Å². The molecule has 0 aliphatic rings. The molecule has 0 spiro atoms. The second kappa shape index (κ2) is 7.24. The lowest BCUT2D eigenvalue weighted by atomic mass is 10.1. The van der Waals surface area contributed by atoms with E-state index in [4.69, 9.17) is 0 Å². The van der Waals surface area contributed by atoms with Crippen LogP contribution < -0.4 is 10.0 Å². The van der Waals surface area contributed by atoms with E-state index in [0.717, 1.165) is 28.2 Å². The first-order valence-electron chi connectivity index (χ1n) is 6.84. The third-order valence-electron chi connectivity index (χ3n) is 3.17. The van der Waals surface area contributed by atoms with Crippen LogP contribution in [0.4, 0.5) is 5.69 Å². The molecule has 0 radical (unpaired) electrons. The van der Waals surface area contributed by atoms with Crippen molar-refractivity contribution in [2.45, 2.75) is 12.8 Å². The van der Waals surface area contributed by atoms with E-state index >= 15 is 0 Å². The molecule has 114 valence electrons. The van der Waals surface area contributed by atoms with Gasteiger partial charge in [-0.3, -0.25) is 4.72 Å². The average molecular weight is 371 g/mol. The molecular weight excluding hydrogens is 352 g/mol. The molecule has 0 unspecified atom stereocenters. The maximum absolute atomic E-state index is 12.0. The Morgan fingerprint density at radius 3 is 2.52 bits per heavy atom. The highest BCUT2D eigenvalue weighted by Crippen LogP contribution is 2.23. The van der Waals surface area contributed by atoms with Gasteiger partial charge in [0.25, 0.3) is 0 Å². The zero-order valence-corrected chi connectivity index (χ0v) is 14.3. The molecule has 0 heterocycles. The molecule has 0 aliphatic heterocycles. The normalized spacial score (nSPS) is 11.7. The summed E-state index contributed by atoms with van der Waals surface area (Å²) in [5.74, 6) is 0.146. The molecule has 2 aromatic rings. The third kappa shape index (κ3) is 4.98. The Kier molecular flexibility index (Phi) is 5.61. The van der Waals surface area contributed by atoms with Gasteiger partial charge in [-0.05, 0) is 61.5 Å². The van der Waals surface area contributed by atoms with Crippen LogP contribution >= 0.6 is 15.9 Å². The van der Waals surface area contributed by atoms with Crippen LogP contribution in [-0.4, -0.2) is 27.8 Å². The van der Waals surface area contributed by atoms with Crippen molar-refractivity contribution >= 4 is 42.4 Å². The molecule has 0 bridgehead atoms. The minimum atomic E-state index is -3.28. The Morgan fingerprint density at radius 1 is 1.05 bits per heavy atom. The Labute approximate surface area is 134 Å². The Bertz CT molecular complexity index is 717. The van der Waals surface area contributed by atoms with Crippen molar-refractivity contribution < 1.29 is 8.42 Å². The Balaban J connectivity index is 2.06. The smallest absolute Gasteiger partial charge is 0.232 e.